The number of rotatable bonds is 5. The number of thiazole rings is 1. The molecule has 6 nitrogen and oxygen atoms in total. The average Bonchev–Trinajstić information content (AvgIpc) is 3.18. The largest absolute Gasteiger partial charge is 0.465 e. The van der Waals surface area contributed by atoms with Gasteiger partial charge in [0.1, 0.15) is 4.88 Å². The molecule has 25 heavy (non-hydrogen) atoms. The summed E-state index contributed by atoms with van der Waals surface area (Å²) in [5.41, 5.74) is 2.96. The van der Waals surface area contributed by atoms with Gasteiger partial charge in [0.2, 0.25) is 0 Å². The molecule has 1 heterocycles. The molecule has 8 heteroatoms. The third kappa shape index (κ3) is 3.16. The van der Waals surface area contributed by atoms with Crippen LogP contribution in [0.4, 0.5) is 5.13 Å². The Bertz CT molecular complexity index is 946. The Hall–Kier alpha value is -1.93. The molecule has 2 aliphatic rings. The summed E-state index contributed by atoms with van der Waals surface area (Å²) >= 11 is 1.03. The highest BCUT2D eigenvalue weighted by atomic mass is 32.2. The topological polar surface area (TPSA) is 85.4 Å². The zero-order chi connectivity index (χ0) is 17.6. The van der Waals surface area contributed by atoms with Gasteiger partial charge < -0.3 is 4.74 Å². The van der Waals surface area contributed by atoms with E-state index in [1.54, 1.807) is 12.1 Å². The summed E-state index contributed by atoms with van der Waals surface area (Å²) in [4.78, 5) is 16.9. The predicted octanol–water partition coefficient (Wildman–Crippen LogP) is 3.10. The number of benzene rings is 1. The van der Waals surface area contributed by atoms with E-state index in [9.17, 15) is 13.2 Å². The molecular formula is C17H18N2O4S2. The second-order valence-electron chi connectivity index (χ2n) is 6.39. The van der Waals surface area contributed by atoms with Crippen LogP contribution in [0.25, 0.3) is 0 Å². The summed E-state index contributed by atoms with van der Waals surface area (Å²) in [6.07, 6.45) is 4.90. The van der Waals surface area contributed by atoms with E-state index in [2.05, 4.69) is 9.71 Å². The van der Waals surface area contributed by atoms with Gasteiger partial charge in [0.15, 0.2) is 5.13 Å². The Morgan fingerprint density at radius 3 is 2.76 bits per heavy atom. The van der Waals surface area contributed by atoms with E-state index in [-0.39, 0.29) is 15.9 Å². The zero-order valence-electron chi connectivity index (χ0n) is 13.7. The number of methoxy groups -OCH3 is 1. The molecule has 1 aromatic heterocycles. The summed E-state index contributed by atoms with van der Waals surface area (Å²) in [5, 5.41) is 0.211. The number of sulfonamides is 1. The fourth-order valence-electron chi connectivity index (χ4n) is 3.14. The molecule has 0 radical (unpaired) electrons. The van der Waals surface area contributed by atoms with Gasteiger partial charge in [-0.25, -0.2) is 18.2 Å². The fourth-order valence-corrected chi connectivity index (χ4v) is 5.39. The van der Waals surface area contributed by atoms with Crippen molar-refractivity contribution in [1.29, 1.82) is 0 Å². The second kappa shape index (κ2) is 6.10. The molecule has 2 aliphatic carbocycles. The Kier molecular flexibility index (Phi) is 4.04. The lowest BCUT2D eigenvalue weighted by atomic mass is 10.1. The van der Waals surface area contributed by atoms with Crippen molar-refractivity contribution in [3.63, 3.8) is 0 Å². The number of hydrogen-bond donors (Lipinski definition) is 1. The standard InChI is InChI=1S/C17H18N2O4S2/c1-23-16(20)15-14(11-5-6-11)18-17(24-15)19-25(21,22)13-8-7-10-3-2-4-12(10)9-13/h7-9,11H,2-6H2,1H3,(H,18,19). The molecular weight excluding hydrogens is 360 g/mol. The molecule has 4 rings (SSSR count). The molecule has 0 atom stereocenters. The molecule has 0 spiro atoms. The molecule has 2 aromatic rings. The third-order valence-electron chi connectivity index (χ3n) is 4.59. The van der Waals surface area contributed by atoms with Crippen molar-refractivity contribution in [2.45, 2.75) is 42.9 Å². The monoisotopic (exact) mass is 378 g/mol. The van der Waals surface area contributed by atoms with Crippen LogP contribution in [0, 0.1) is 0 Å². The van der Waals surface area contributed by atoms with Crippen molar-refractivity contribution in [2.24, 2.45) is 0 Å². The first-order valence-electron chi connectivity index (χ1n) is 8.21. The lowest BCUT2D eigenvalue weighted by Gasteiger charge is -2.07. The highest BCUT2D eigenvalue weighted by Crippen LogP contribution is 2.44. The number of fused-ring (bicyclic) bond motifs is 1. The van der Waals surface area contributed by atoms with E-state index < -0.39 is 16.0 Å². The minimum absolute atomic E-state index is 0.211. The molecule has 1 N–H and O–H groups in total. The molecule has 0 amide bonds. The molecule has 0 saturated heterocycles. The van der Waals surface area contributed by atoms with Crippen molar-refractivity contribution in [2.75, 3.05) is 11.8 Å². The van der Waals surface area contributed by atoms with Crippen LogP contribution < -0.4 is 4.72 Å². The number of carbonyl (C=O) groups excluding carboxylic acids is 1. The van der Waals surface area contributed by atoms with E-state index in [1.807, 2.05) is 6.07 Å². The molecule has 0 unspecified atom stereocenters. The van der Waals surface area contributed by atoms with Crippen LogP contribution in [0.15, 0.2) is 23.1 Å². The van der Waals surface area contributed by atoms with Gasteiger partial charge in [-0.2, -0.15) is 0 Å². The van der Waals surface area contributed by atoms with Crippen LogP contribution in [-0.2, 0) is 27.6 Å². The Balaban J connectivity index is 1.64. The molecule has 132 valence electrons. The first kappa shape index (κ1) is 16.5. The van der Waals surface area contributed by atoms with Gasteiger partial charge in [-0.3, -0.25) is 4.72 Å². The highest BCUT2D eigenvalue weighted by molar-refractivity contribution is 7.93. The van der Waals surface area contributed by atoms with E-state index in [4.69, 9.17) is 4.74 Å². The number of carbonyl (C=O) groups is 1. The summed E-state index contributed by atoms with van der Waals surface area (Å²) in [6, 6.07) is 5.25. The predicted molar refractivity (Wildman–Crippen MR) is 94.7 cm³/mol. The Morgan fingerprint density at radius 1 is 1.28 bits per heavy atom. The maximum absolute atomic E-state index is 12.7. The minimum atomic E-state index is -3.73. The van der Waals surface area contributed by atoms with Gasteiger partial charge in [-0.05, 0) is 55.4 Å². The quantitative estimate of drug-likeness (QED) is 0.808. The highest BCUT2D eigenvalue weighted by Gasteiger charge is 2.33. The first-order chi connectivity index (χ1) is 12.0. The SMILES string of the molecule is COC(=O)c1sc(NS(=O)(=O)c2ccc3c(c2)CCC3)nc1C1CC1. The van der Waals surface area contributed by atoms with Crippen molar-refractivity contribution < 1.29 is 17.9 Å². The average molecular weight is 378 g/mol. The van der Waals surface area contributed by atoms with E-state index >= 15 is 0 Å². The number of hydrogen-bond acceptors (Lipinski definition) is 6. The van der Waals surface area contributed by atoms with E-state index in [1.165, 1.54) is 12.7 Å². The number of nitrogens with one attached hydrogen (secondary N) is 1. The number of esters is 1. The van der Waals surface area contributed by atoms with Gasteiger partial charge in [-0.1, -0.05) is 17.4 Å². The first-order valence-corrected chi connectivity index (χ1v) is 10.5. The molecule has 0 aliphatic heterocycles. The fraction of sp³-hybridized carbons (Fsp3) is 0.412. The number of aryl methyl sites for hydroxylation is 2. The van der Waals surface area contributed by atoms with Crippen LogP contribution in [0.2, 0.25) is 0 Å². The maximum atomic E-state index is 12.7. The summed E-state index contributed by atoms with van der Waals surface area (Å²) in [6.45, 7) is 0. The van der Waals surface area contributed by atoms with E-state index in [0.717, 1.165) is 49.0 Å². The smallest absolute Gasteiger partial charge is 0.350 e. The van der Waals surface area contributed by atoms with Crippen LogP contribution in [0.3, 0.4) is 0 Å². The van der Waals surface area contributed by atoms with Crippen LogP contribution >= 0.6 is 11.3 Å². The Labute approximate surface area is 150 Å². The van der Waals surface area contributed by atoms with Gasteiger partial charge in [0, 0.05) is 5.92 Å². The van der Waals surface area contributed by atoms with Gasteiger partial charge in [-0.15, -0.1) is 0 Å². The van der Waals surface area contributed by atoms with Crippen molar-refractivity contribution in [3.8, 4) is 0 Å². The molecule has 1 aromatic carbocycles. The Morgan fingerprint density at radius 2 is 2.04 bits per heavy atom. The minimum Gasteiger partial charge on any atom is -0.465 e. The van der Waals surface area contributed by atoms with Gasteiger partial charge in [0.25, 0.3) is 10.0 Å². The normalized spacial score (nSPS) is 16.5. The van der Waals surface area contributed by atoms with Crippen LogP contribution in [0.1, 0.15) is 51.7 Å². The molecule has 1 fully saturated rings. The maximum Gasteiger partial charge on any atom is 0.350 e. The summed E-state index contributed by atoms with van der Waals surface area (Å²) in [5.74, 6) is -0.244. The van der Waals surface area contributed by atoms with Crippen LogP contribution in [-0.4, -0.2) is 26.5 Å². The zero-order valence-corrected chi connectivity index (χ0v) is 15.4. The lowest BCUT2D eigenvalue weighted by Crippen LogP contribution is -2.13. The third-order valence-corrected chi connectivity index (χ3v) is 7.02. The van der Waals surface area contributed by atoms with Crippen molar-refractivity contribution in [3.05, 3.63) is 39.9 Å². The number of nitrogens with zero attached hydrogens (tertiary/aromatic N) is 1. The van der Waals surface area contributed by atoms with Gasteiger partial charge >= 0.3 is 5.97 Å². The van der Waals surface area contributed by atoms with E-state index in [0.29, 0.717) is 10.6 Å². The van der Waals surface area contributed by atoms with Gasteiger partial charge in [0.05, 0.1) is 17.7 Å². The number of aromatic nitrogens is 1. The summed E-state index contributed by atoms with van der Waals surface area (Å²) < 4.78 is 32.7. The summed E-state index contributed by atoms with van der Waals surface area (Å²) in [7, 11) is -2.42. The molecule has 0 bridgehead atoms. The number of ether oxygens (including phenoxy) is 1. The van der Waals surface area contributed by atoms with Crippen LogP contribution in [0.5, 0.6) is 0 Å². The van der Waals surface area contributed by atoms with Crippen molar-refractivity contribution in [1.82, 2.24) is 4.98 Å². The second-order valence-corrected chi connectivity index (χ2v) is 9.07. The lowest BCUT2D eigenvalue weighted by molar-refractivity contribution is 0.0604. The van der Waals surface area contributed by atoms with Crippen molar-refractivity contribution >= 4 is 32.5 Å². The molecule has 1 saturated carbocycles. The number of anilines is 1.